The first-order chi connectivity index (χ1) is 10.6. The van der Waals surface area contributed by atoms with Crippen LogP contribution in [0.15, 0.2) is 0 Å². The van der Waals surface area contributed by atoms with E-state index in [1.165, 1.54) is 57.8 Å². The fourth-order valence-electron chi connectivity index (χ4n) is 4.21. The average molecular weight is 309 g/mol. The van der Waals surface area contributed by atoms with Crippen molar-refractivity contribution in [1.29, 1.82) is 0 Å². The molecule has 2 aliphatic carbocycles. The quantitative estimate of drug-likeness (QED) is 0.653. The summed E-state index contributed by atoms with van der Waals surface area (Å²) in [6.07, 6.45) is 15.1. The molecule has 0 heterocycles. The summed E-state index contributed by atoms with van der Waals surface area (Å²) in [5.41, 5.74) is -0.151. The normalized spacial score (nSPS) is 22.7. The Labute approximate surface area is 136 Å². The molecule has 0 atom stereocenters. The maximum absolute atomic E-state index is 12.7. The van der Waals surface area contributed by atoms with Crippen LogP contribution >= 0.6 is 0 Å². The molecule has 3 heteroatoms. The Kier molecular flexibility index (Phi) is 7.20. The smallest absolute Gasteiger partial charge is 0.312 e. The molecule has 0 radical (unpaired) electrons. The molecule has 2 saturated carbocycles. The van der Waals surface area contributed by atoms with Crippen LogP contribution < -0.4 is 0 Å². The van der Waals surface area contributed by atoms with E-state index in [-0.39, 0.29) is 11.4 Å². The van der Waals surface area contributed by atoms with E-state index in [4.69, 9.17) is 4.74 Å². The van der Waals surface area contributed by atoms with E-state index in [2.05, 4.69) is 4.90 Å². The topological polar surface area (TPSA) is 29.5 Å². The summed E-state index contributed by atoms with van der Waals surface area (Å²) in [5, 5.41) is 0. The van der Waals surface area contributed by atoms with Crippen molar-refractivity contribution in [2.45, 2.75) is 77.0 Å². The van der Waals surface area contributed by atoms with E-state index in [1.54, 1.807) is 0 Å². The maximum Gasteiger partial charge on any atom is 0.312 e. The molecule has 0 aliphatic heterocycles. The number of rotatable bonds is 7. The summed E-state index contributed by atoms with van der Waals surface area (Å²) in [5.74, 6) is 0.965. The lowest BCUT2D eigenvalue weighted by Gasteiger charge is -2.36. The Bertz CT molecular complexity index is 328. The van der Waals surface area contributed by atoms with Gasteiger partial charge in [0.15, 0.2) is 0 Å². The van der Waals surface area contributed by atoms with Gasteiger partial charge in [0.1, 0.15) is 6.61 Å². The van der Waals surface area contributed by atoms with Crippen LogP contribution in [-0.2, 0) is 9.53 Å². The van der Waals surface area contributed by atoms with E-state index in [0.29, 0.717) is 6.61 Å². The first-order valence-electron chi connectivity index (χ1n) is 9.44. The summed E-state index contributed by atoms with van der Waals surface area (Å²) in [4.78, 5) is 14.8. The summed E-state index contributed by atoms with van der Waals surface area (Å²) in [6.45, 7) is 1.36. The summed E-state index contributed by atoms with van der Waals surface area (Å²) < 4.78 is 5.65. The Hall–Kier alpha value is -0.570. The molecule has 22 heavy (non-hydrogen) atoms. The fourth-order valence-corrected chi connectivity index (χ4v) is 4.21. The second-order valence-corrected chi connectivity index (χ2v) is 7.82. The largest absolute Gasteiger partial charge is 0.464 e. The van der Waals surface area contributed by atoms with E-state index in [0.717, 1.165) is 31.7 Å². The number of carbonyl (C=O) groups is 1. The third-order valence-electron chi connectivity index (χ3n) is 5.77. The van der Waals surface area contributed by atoms with Gasteiger partial charge in [0, 0.05) is 6.54 Å². The summed E-state index contributed by atoms with van der Waals surface area (Å²) in [7, 11) is 4.04. The van der Waals surface area contributed by atoms with Crippen molar-refractivity contribution in [3.63, 3.8) is 0 Å². The van der Waals surface area contributed by atoms with E-state index in [1.807, 2.05) is 14.1 Å². The molecule has 2 fully saturated rings. The van der Waals surface area contributed by atoms with Gasteiger partial charge in [0.25, 0.3) is 0 Å². The first kappa shape index (κ1) is 17.8. The standard InChI is InChI=1S/C19H35NO2/c1-20(2)15-16-22-18(21)19(12-7-4-8-13-19)14-11-17-9-5-3-6-10-17/h17H,3-16H2,1-2H3. The number of ether oxygens (including phenoxy) is 1. The van der Waals surface area contributed by atoms with E-state index in [9.17, 15) is 4.79 Å². The molecule has 0 aromatic rings. The molecule has 0 unspecified atom stereocenters. The first-order valence-corrected chi connectivity index (χ1v) is 9.44. The van der Waals surface area contributed by atoms with Crippen LogP contribution in [0.3, 0.4) is 0 Å². The number of likely N-dealkylation sites (N-methyl/N-ethyl adjacent to an activating group) is 1. The third-order valence-corrected chi connectivity index (χ3v) is 5.77. The van der Waals surface area contributed by atoms with Crippen LogP contribution in [0.1, 0.15) is 77.0 Å². The lowest BCUT2D eigenvalue weighted by atomic mass is 9.69. The van der Waals surface area contributed by atoms with Gasteiger partial charge in [-0.1, -0.05) is 51.4 Å². The van der Waals surface area contributed by atoms with Gasteiger partial charge < -0.3 is 9.64 Å². The highest BCUT2D eigenvalue weighted by atomic mass is 16.5. The number of nitrogens with zero attached hydrogens (tertiary/aromatic N) is 1. The minimum atomic E-state index is -0.151. The highest BCUT2D eigenvalue weighted by Gasteiger charge is 2.40. The van der Waals surface area contributed by atoms with Gasteiger partial charge in [-0.05, 0) is 45.7 Å². The highest BCUT2D eigenvalue weighted by Crippen LogP contribution is 2.43. The molecule has 2 aliphatic rings. The van der Waals surface area contributed by atoms with Crippen molar-refractivity contribution in [3.8, 4) is 0 Å². The van der Waals surface area contributed by atoms with Gasteiger partial charge in [-0.25, -0.2) is 0 Å². The third kappa shape index (κ3) is 5.26. The summed E-state index contributed by atoms with van der Waals surface area (Å²) >= 11 is 0. The Morgan fingerprint density at radius 2 is 1.68 bits per heavy atom. The average Bonchev–Trinajstić information content (AvgIpc) is 2.54. The predicted molar refractivity (Wildman–Crippen MR) is 90.8 cm³/mol. The minimum absolute atomic E-state index is 0.102. The highest BCUT2D eigenvalue weighted by molar-refractivity contribution is 5.77. The minimum Gasteiger partial charge on any atom is -0.464 e. The van der Waals surface area contributed by atoms with Crippen molar-refractivity contribution in [2.75, 3.05) is 27.2 Å². The molecule has 0 spiro atoms. The van der Waals surface area contributed by atoms with Crippen LogP contribution in [0.4, 0.5) is 0 Å². The Morgan fingerprint density at radius 3 is 2.32 bits per heavy atom. The molecule has 128 valence electrons. The predicted octanol–water partition coefficient (Wildman–Crippen LogP) is 4.40. The van der Waals surface area contributed by atoms with Crippen LogP contribution in [0, 0.1) is 11.3 Å². The Balaban J connectivity index is 1.86. The van der Waals surface area contributed by atoms with Gasteiger partial charge in [-0.15, -0.1) is 0 Å². The van der Waals surface area contributed by atoms with Crippen molar-refractivity contribution in [1.82, 2.24) is 4.90 Å². The monoisotopic (exact) mass is 309 g/mol. The molecule has 0 N–H and O–H groups in total. The maximum atomic E-state index is 12.7. The Morgan fingerprint density at radius 1 is 1.05 bits per heavy atom. The summed E-state index contributed by atoms with van der Waals surface area (Å²) in [6, 6.07) is 0. The van der Waals surface area contributed by atoms with Crippen LogP contribution in [0.5, 0.6) is 0 Å². The fraction of sp³-hybridized carbons (Fsp3) is 0.947. The van der Waals surface area contributed by atoms with Crippen molar-refractivity contribution < 1.29 is 9.53 Å². The van der Waals surface area contributed by atoms with Crippen LogP contribution in [0.25, 0.3) is 0 Å². The molecule has 0 aromatic carbocycles. The van der Waals surface area contributed by atoms with Gasteiger partial charge in [0.2, 0.25) is 0 Å². The lowest BCUT2D eigenvalue weighted by Crippen LogP contribution is -2.37. The van der Waals surface area contributed by atoms with Gasteiger partial charge in [-0.2, -0.15) is 0 Å². The van der Waals surface area contributed by atoms with Crippen LogP contribution in [-0.4, -0.2) is 38.1 Å². The SMILES string of the molecule is CN(C)CCOC(=O)C1(CCC2CCCCC2)CCCCC1. The zero-order valence-electron chi connectivity index (χ0n) is 14.7. The lowest BCUT2D eigenvalue weighted by molar-refractivity contribution is -0.159. The molecule has 2 rings (SSSR count). The van der Waals surface area contributed by atoms with E-state index >= 15 is 0 Å². The zero-order chi connectivity index (χ0) is 15.8. The second-order valence-electron chi connectivity index (χ2n) is 7.82. The van der Waals surface area contributed by atoms with Crippen molar-refractivity contribution >= 4 is 5.97 Å². The number of esters is 1. The molecule has 0 aromatic heterocycles. The number of carbonyl (C=O) groups excluding carboxylic acids is 1. The number of hydrogen-bond donors (Lipinski definition) is 0. The molecular formula is C19H35NO2. The molecule has 0 saturated heterocycles. The zero-order valence-corrected chi connectivity index (χ0v) is 14.7. The van der Waals surface area contributed by atoms with E-state index < -0.39 is 0 Å². The molecule has 0 bridgehead atoms. The molecule has 0 amide bonds. The van der Waals surface area contributed by atoms with Gasteiger partial charge in [-0.3, -0.25) is 4.79 Å². The van der Waals surface area contributed by atoms with Crippen LogP contribution in [0.2, 0.25) is 0 Å². The van der Waals surface area contributed by atoms with Crippen molar-refractivity contribution in [2.24, 2.45) is 11.3 Å². The molecular weight excluding hydrogens is 274 g/mol. The van der Waals surface area contributed by atoms with Gasteiger partial charge >= 0.3 is 5.97 Å². The van der Waals surface area contributed by atoms with Crippen molar-refractivity contribution in [3.05, 3.63) is 0 Å². The van der Waals surface area contributed by atoms with Gasteiger partial charge in [0.05, 0.1) is 5.41 Å². The second kappa shape index (κ2) is 8.90. The number of hydrogen-bond acceptors (Lipinski definition) is 3. The molecule has 3 nitrogen and oxygen atoms in total.